The predicted octanol–water partition coefficient (Wildman–Crippen LogP) is 3.89. The summed E-state index contributed by atoms with van der Waals surface area (Å²) in [6.07, 6.45) is 0. The number of hydrogen-bond acceptors (Lipinski definition) is 5. The van der Waals surface area contributed by atoms with Crippen LogP contribution in [-0.2, 0) is 11.3 Å². The van der Waals surface area contributed by atoms with Crippen LogP contribution in [0.4, 0.5) is 5.69 Å². The molecule has 8 heteroatoms. The second kappa shape index (κ2) is 8.71. The summed E-state index contributed by atoms with van der Waals surface area (Å²) >= 11 is 7.24. The number of thioether (sulfide) groups is 1. The molecule has 1 aromatic heterocycles. The number of anilines is 1. The topological polar surface area (TPSA) is 83.6 Å². The summed E-state index contributed by atoms with van der Waals surface area (Å²) in [4.78, 5) is 12.3. The van der Waals surface area contributed by atoms with E-state index in [0.717, 1.165) is 11.4 Å². The van der Waals surface area contributed by atoms with Crippen LogP contribution < -0.4 is 5.32 Å². The molecule has 6 nitrogen and oxygen atoms in total. The molecule has 0 saturated heterocycles. The van der Waals surface area contributed by atoms with Crippen molar-refractivity contribution in [2.75, 3.05) is 11.1 Å². The highest BCUT2D eigenvalue weighted by molar-refractivity contribution is 7.99. The van der Waals surface area contributed by atoms with Crippen LogP contribution in [0.25, 0.3) is 0 Å². The molecule has 3 aromatic rings. The largest absolute Gasteiger partial charge is 0.324 e. The van der Waals surface area contributed by atoms with Crippen molar-refractivity contribution in [3.63, 3.8) is 0 Å². The number of halogens is 1. The molecule has 0 saturated carbocycles. The Morgan fingerprint density at radius 1 is 1.26 bits per heavy atom. The van der Waals surface area contributed by atoms with Crippen molar-refractivity contribution in [2.24, 2.45) is 0 Å². The van der Waals surface area contributed by atoms with Crippen molar-refractivity contribution in [2.45, 2.75) is 18.6 Å². The fourth-order valence-electron chi connectivity index (χ4n) is 2.45. The molecular formula is C19H16ClN5OS. The number of hydrogen-bond donors (Lipinski definition) is 1. The molecule has 0 aliphatic rings. The van der Waals surface area contributed by atoms with Gasteiger partial charge in [0.2, 0.25) is 5.91 Å². The summed E-state index contributed by atoms with van der Waals surface area (Å²) in [7, 11) is 0. The van der Waals surface area contributed by atoms with Gasteiger partial charge in [-0.1, -0.05) is 53.7 Å². The van der Waals surface area contributed by atoms with E-state index in [2.05, 4.69) is 15.5 Å². The molecule has 0 spiro atoms. The molecule has 0 bridgehead atoms. The van der Waals surface area contributed by atoms with Gasteiger partial charge in [-0.2, -0.15) is 5.26 Å². The first-order valence-corrected chi connectivity index (χ1v) is 9.49. The number of carbonyl (C=O) groups excluding carboxylic acids is 1. The number of nitriles is 1. The molecule has 2 aromatic carbocycles. The molecule has 0 atom stereocenters. The Bertz CT molecular complexity index is 997. The van der Waals surface area contributed by atoms with Crippen molar-refractivity contribution < 1.29 is 4.79 Å². The molecule has 136 valence electrons. The quantitative estimate of drug-likeness (QED) is 0.638. The summed E-state index contributed by atoms with van der Waals surface area (Å²) in [5.41, 5.74) is 1.89. The molecule has 0 radical (unpaired) electrons. The Balaban J connectivity index is 1.66. The number of aryl methyl sites for hydroxylation is 1. The van der Waals surface area contributed by atoms with E-state index in [1.54, 1.807) is 18.2 Å². The molecule has 27 heavy (non-hydrogen) atoms. The number of carbonyl (C=O) groups is 1. The Hall–Kier alpha value is -2.82. The van der Waals surface area contributed by atoms with Crippen LogP contribution in [0, 0.1) is 18.3 Å². The van der Waals surface area contributed by atoms with Crippen LogP contribution in [0.5, 0.6) is 0 Å². The normalized spacial score (nSPS) is 10.4. The zero-order valence-electron chi connectivity index (χ0n) is 14.5. The zero-order valence-corrected chi connectivity index (χ0v) is 16.1. The van der Waals surface area contributed by atoms with Crippen LogP contribution in [0.1, 0.15) is 17.0 Å². The van der Waals surface area contributed by atoms with Crippen molar-refractivity contribution in [1.82, 2.24) is 14.8 Å². The maximum absolute atomic E-state index is 12.3. The van der Waals surface area contributed by atoms with Gasteiger partial charge in [0.1, 0.15) is 11.9 Å². The lowest BCUT2D eigenvalue weighted by atomic mass is 10.2. The minimum atomic E-state index is -0.245. The minimum absolute atomic E-state index is 0.143. The third-order valence-electron chi connectivity index (χ3n) is 3.79. The van der Waals surface area contributed by atoms with Gasteiger partial charge in [-0.05, 0) is 30.7 Å². The van der Waals surface area contributed by atoms with Crippen molar-refractivity contribution >= 4 is 35.0 Å². The van der Waals surface area contributed by atoms with E-state index in [1.807, 2.05) is 47.9 Å². The van der Waals surface area contributed by atoms with Gasteiger partial charge in [-0.25, -0.2) is 0 Å². The molecule has 0 aliphatic heterocycles. The SMILES string of the molecule is Cc1nnc(SCC(=O)Nc2cc(Cl)ccc2C#N)n1Cc1ccccc1. The number of aromatic nitrogens is 3. The zero-order chi connectivity index (χ0) is 19.2. The van der Waals surface area contributed by atoms with E-state index in [1.165, 1.54) is 11.8 Å². The molecule has 0 unspecified atom stereocenters. The van der Waals surface area contributed by atoms with Crippen LogP contribution in [0.3, 0.4) is 0 Å². The standard InChI is InChI=1S/C19H16ClN5OS/c1-13-23-24-19(25(13)11-14-5-3-2-4-6-14)27-12-18(26)22-17-9-16(20)8-7-15(17)10-21/h2-9H,11-12H2,1H3,(H,22,26). The fraction of sp³-hybridized carbons (Fsp3) is 0.158. The number of nitrogens with one attached hydrogen (secondary N) is 1. The summed E-state index contributed by atoms with van der Waals surface area (Å²) < 4.78 is 1.97. The lowest BCUT2D eigenvalue weighted by Crippen LogP contribution is -2.15. The van der Waals surface area contributed by atoms with Gasteiger partial charge in [-0.15, -0.1) is 10.2 Å². The molecule has 1 N–H and O–H groups in total. The number of amides is 1. The second-order valence-corrected chi connectivity index (χ2v) is 7.12. The second-order valence-electron chi connectivity index (χ2n) is 5.74. The highest BCUT2D eigenvalue weighted by Gasteiger charge is 2.13. The van der Waals surface area contributed by atoms with Gasteiger partial charge < -0.3 is 9.88 Å². The van der Waals surface area contributed by atoms with Crippen LogP contribution in [-0.4, -0.2) is 26.4 Å². The lowest BCUT2D eigenvalue weighted by molar-refractivity contribution is -0.113. The van der Waals surface area contributed by atoms with Crippen LogP contribution >= 0.6 is 23.4 Å². The summed E-state index contributed by atoms with van der Waals surface area (Å²) in [6.45, 7) is 2.52. The van der Waals surface area contributed by atoms with E-state index in [-0.39, 0.29) is 11.7 Å². The molecule has 0 aliphatic carbocycles. The van der Waals surface area contributed by atoms with Gasteiger partial charge in [0.05, 0.1) is 23.5 Å². The summed E-state index contributed by atoms with van der Waals surface area (Å²) in [5, 5.41) is 21.3. The average molecular weight is 398 g/mol. The lowest BCUT2D eigenvalue weighted by Gasteiger charge is -2.09. The molecule has 1 heterocycles. The predicted molar refractivity (Wildman–Crippen MR) is 106 cm³/mol. The van der Waals surface area contributed by atoms with Gasteiger partial charge in [0, 0.05) is 5.02 Å². The first-order chi connectivity index (χ1) is 13.1. The Morgan fingerprint density at radius 3 is 2.78 bits per heavy atom. The summed E-state index contributed by atoms with van der Waals surface area (Å²) in [5.74, 6) is 0.679. The van der Waals surface area contributed by atoms with Crippen molar-refractivity contribution in [1.29, 1.82) is 5.26 Å². The number of nitrogens with zero attached hydrogens (tertiary/aromatic N) is 4. The van der Waals surface area contributed by atoms with Gasteiger partial charge >= 0.3 is 0 Å². The molecule has 3 rings (SSSR count). The molecule has 1 amide bonds. The fourth-order valence-corrected chi connectivity index (χ4v) is 3.41. The summed E-state index contributed by atoms with van der Waals surface area (Å²) in [6, 6.07) is 16.8. The third-order valence-corrected chi connectivity index (χ3v) is 5.00. The van der Waals surface area contributed by atoms with E-state index < -0.39 is 0 Å². The van der Waals surface area contributed by atoms with Crippen LogP contribution in [0.15, 0.2) is 53.7 Å². The smallest absolute Gasteiger partial charge is 0.234 e. The molecule has 0 fully saturated rings. The van der Waals surface area contributed by atoms with E-state index >= 15 is 0 Å². The van der Waals surface area contributed by atoms with Crippen molar-refractivity contribution in [3.8, 4) is 6.07 Å². The van der Waals surface area contributed by atoms with Gasteiger partial charge in [-0.3, -0.25) is 4.79 Å². The third kappa shape index (κ3) is 4.88. The van der Waals surface area contributed by atoms with Crippen molar-refractivity contribution in [3.05, 3.63) is 70.5 Å². The Kier molecular flexibility index (Phi) is 6.12. The van der Waals surface area contributed by atoms with E-state index in [4.69, 9.17) is 16.9 Å². The Morgan fingerprint density at radius 2 is 2.04 bits per heavy atom. The van der Waals surface area contributed by atoms with Gasteiger partial charge in [0.25, 0.3) is 0 Å². The van der Waals surface area contributed by atoms with E-state index in [0.29, 0.717) is 28.0 Å². The average Bonchev–Trinajstić information content (AvgIpc) is 3.01. The monoisotopic (exact) mass is 397 g/mol. The van der Waals surface area contributed by atoms with Gasteiger partial charge in [0.15, 0.2) is 5.16 Å². The highest BCUT2D eigenvalue weighted by atomic mass is 35.5. The maximum Gasteiger partial charge on any atom is 0.234 e. The minimum Gasteiger partial charge on any atom is -0.324 e. The first kappa shape index (κ1) is 19.0. The first-order valence-electron chi connectivity index (χ1n) is 8.13. The number of benzene rings is 2. The van der Waals surface area contributed by atoms with Crippen LogP contribution in [0.2, 0.25) is 5.02 Å². The highest BCUT2D eigenvalue weighted by Crippen LogP contribution is 2.22. The molecular weight excluding hydrogens is 382 g/mol. The maximum atomic E-state index is 12.3. The Labute approximate surface area is 166 Å². The van der Waals surface area contributed by atoms with E-state index in [9.17, 15) is 4.79 Å². The number of rotatable bonds is 6.